The summed E-state index contributed by atoms with van der Waals surface area (Å²) in [7, 11) is 0. The first-order valence-electron chi connectivity index (χ1n) is 8.62. The van der Waals surface area contributed by atoms with Crippen molar-refractivity contribution in [2.45, 2.75) is 45.3 Å². The molecule has 1 aliphatic rings. The van der Waals surface area contributed by atoms with E-state index in [-0.39, 0.29) is 18.6 Å². The van der Waals surface area contributed by atoms with E-state index < -0.39 is 5.97 Å². The van der Waals surface area contributed by atoms with Crippen molar-refractivity contribution >= 4 is 12.0 Å². The molecule has 1 fully saturated rings. The largest absolute Gasteiger partial charge is 0.491 e. The Morgan fingerprint density at radius 2 is 2.20 bits per heavy atom. The number of urea groups is 1. The summed E-state index contributed by atoms with van der Waals surface area (Å²) in [6.45, 7) is 3.96. The molecule has 25 heavy (non-hydrogen) atoms. The minimum atomic E-state index is -0.866. The number of aliphatic carboxylic acids is 1. The SMILES string of the molecule is Cc1ccc(CNC(=O)NCCCC(=O)O)c(OCC2CCCO2)c1. The molecule has 1 saturated heterocycles. The van der Waals surface area contributed by atoms with E-state index >= 15 is 0 Å². The molecule has 0 radical (unpaired) electrons. The van der Waals surface area contributed by atoms with Gasteiger partial charge < -0.3 is 25.2 Å². The number of aryl methyl sites for hydroxylation is 1. The number of benzene rings is 1. The van der Waals surface area contributed by atoms with Gasteiger partial charge in [-0.15, -0.1) is 0 Å². The lowest BCUT2D eigenvalue weighted by Crippen LogP contribution is -2.35. The zero-order valence-electron chi connectivity index (χ0n) is 14.5. The first-order valence-corrected chi connectivity index (χ1v) is 8.62. The van der Waals surface area contributed by atoms with Gasteiger partial charge >= 0.3 is 12.0 Å². The summed E-state index contributed by atoms with van der Waals surface area (Å²) in [6.07, 6.45) is 2.66. The summed E-state index contributed by atoms with van der Waals surface area (Å²) in [5.41, 5.74) is 1.98. The highest BCUT2D eigenvalue weighted by molar-refractivity contribution is 5.74. The van der Waals surface area contributed by atoms with Gasteiger partial charge in [0.1, 0.15) is 12.4 Å². The minimum Gasteiger partial charge on any atom is -0.491 e. The lowest BCUT2D eigenvalue weighted by Gasteiger charge is -2.16. The summed E-state index contributed by atoms with van der Waals surface area (Å²) in [5.74, 6) is -0.114. The summed E-state index contributed by atoms with van der Waals surface area (Å²) < 4.78 is 11.5. The monoisotopic (exact) mass is 350 g/mol. The molecule has 138 valence electrons. The lowest BCUT2D eigenvalue weighted by atomic mass is 10.1. The zero-order chi connectivity index (χ0) is 18.1. The van der Waals surface area contributed by atoms with Crippen molar-refractivity contribution in [1.29, 1.82) is 0 Å². The summed E-state index contributed by atoms with van der Waals surface area (Å²) in [5, 5.41) is 14.0. The standard InChI is InChI=1S/C18H26N2O5/c1-13-6-7-14(11-20-18(23)19-8-2-5-17(21)22)16(10-13)25-12-15-4-3-9-24-15/h6-7,10,15H,2-5,8-9,11-12H2,1H3,(H,21,22)(H2,19,20,23). The molecule has 1 unspecified atom stereocenters. The third-order valence-corrected chi connectivity index (χ3v) is 3.96. The molecule has 7 nitrogen and oxygen atoms in total. The molecule has 1 aliphatic heterocycles. The molecule has 0 aromatic heterocycles. The highest BCUT2D eigenvalue weighted by Crippen LogP contribution is 2.22. The second-order valence-corrected chi connectivity index (χ2v) is 6.16. The molecule has 2 amide bonds. The number of hydrogen-bond donors (Lipinski definition) is 3. The Labute approximate surface area is 147 Å². The number of carboxylic acids is 1. The van der Waals surface area contributed by atoms with Crippen molar-refractivity contribution in [2.75, 3.05) is 19.8 Å². The van der Waals surface area contributed by atoms with Crippen molar-refractivity contribution in [3.63, 3.8) is 0 Å². The van der Waals surface area contributed by atoms with Gasteiger partial charge in [-0.1, -0.05) is 12.1 Å². The van der Waals surface area contributed by atoms with E-state index in [0.717, 1.165) is 36.3 Å². The second kappa shape index (κ2) is 9.88. The quantitative estimate of drug-likeness (QED) is 0.593. The molecular formula is C18H26N2O5. The Kier molecular flexibility index (Phi) is 7.53. The fraction of sp³-hybridized carbons (Fsp3) is 0.556. The van der Waals surface area contributed by atoms with Gasteiger partial charge in [-0.3, -0.25) is 4.79 Å². The highest BCUT2D eigenvalue weighted by Gasteiger charge is 2.17. The Balaban J connectivity index is 1.79. The van der Waals surface area contributed by atoms with Crippen LogP contribution in [0.1, 0.15) is 36.8 Å². The Morgan fingerprint density at radius 3 is 2.92 bits per heavy atom. The number of hydrogen-bond acceptors (Lipinski definition) is 4. The van der Waals surface area contributed by atoms with Crippen LogP contribution in [0.4, 0.5) is 4.79 Å². The molecule has 0 bridgehead atoms. The van der Waals surface area contributed by atoms with Crippen LogP contribution in [-0.4, -0.2) is 43.0 Å². The number of amides is 2. The molecule has 1 heterocycles. The molecule has 3 N–H and O–H groups in total. The topological polar surface area (TPSA) is 96.9 Å². The van der Waals surface area contributed by atoms with Crippen LogP contribution in [0.2, 0.25) is 0 Å². The van der Waals surface area contributed by atoms with E-state index in [1.165, 1.54) is 0 Å². The van der Waals surface area contributed by atoms with Gasteiger partial charge in [-0.05, 0) is 37.8 Å². The van der Waals surface area contributed by atoms with Crippen LogP contribution in [0.15, 0.2) is 18.2 Å². The summed E-state index contributed by atoms with van der Waals surface area (Å²) in [6, 6.07) is 5.54. The Hall–Kier alpha value is -2.28. The van der Waals surface area contributed by atoms with Gasteiger partial charge in [-0.25, -0.2) is 4.79 Å². The summed E-state index contributed by atoms with van der Waals surface area (Å²) in [4.78, 5) is 22.2. The molecule has 0 aliphatic carbocycles. The van der Waals surface area contributed by atoms with Gasteiger partial charge in [0, 0.05) is 31.7 Å². The average Bonchev–Trinajstić information content (AvgIpc) is 3.09. The van der Waals surface area contributed by atoms with E-state index in [1.807, 2.05) is 25.1 Å². The zero-order valence-corrected chi connectivity index (χ0v) is 14.5. The highest BCUT2D eigenvalue weighted by atomic mass is 16.5. The van der Waals surface area contributed by atoms with Crippen LogP contribution in [0.3, 0.4) is 0 Å². The lowest BCUT2D eigenvalue weighted by molar-refractivity contribution is -0.137. The van der Waals surface area contributed by atoms with E-state index in [1.54, 1.807) is 0 Å². The summed E-state index contributed by atoms with van der Waals surface area (Å²) >= 11 is 0. The van der Waals surface area contributed by atoms with Crippen molar-refractivity contribution in [1.82, 2.24) is 10.6 Å². The van der Waals surface area contributed by atoms with E-state index in [0.29, 0.717) is 26.1 Å². The maximum Gasteiger partial charge on any atom is 0.315 e. The number of carboxylic acid groups (broad SMARTS) is 1. The third-order valence-electron chi connectivity index (χ3n) is 3.96. The van der Waals surface area contributed by atoms with Crippen molar-refractivity contribution in [3.8, 4) is 5.75 Å². The van der Waals surface area contributed by atoms with Crippen LogP contribution in [0, 0.1) is 6.92 Å². The normalized spacial score (nSPS) is 16.4. The number of rotatable bonds is 9. The minimum absolute atomic E-state index is 0.0411. The van der Waals surface area contributed by atoms with Crippen LogP contribution >= 0.6 is 0 Å². The predicted molar refractivity (Wildman–Crippen MR) is 92.8 cm³/mol. The maximum atomic E-state index is 11.8. The average molecular weight is 350 g/mol. The van der Waals surface area contributed by atoms with Crippen LogP contribution in [-0.2, 0) is 16.1 Å². The smallest absolute Gasteiger partial charge is 0.315 e. The van der Waals surface area contributed by atoms with E-state index in [4.69, 9.17) is 14.6 Å². The van der Waals surface area contributed by atoms with Crippen LogP contribution in [0.25, 0.3) is 0 Å². The maximum absolute atomic E-state index is 11.8. The number of carbonyl (C=O) groups excluding carboxylic acids is 1. The van der Waals surface area contributed by atoms with Crippen molar-refractivity contribution < 1.29 is 24.2 Å². The van der Waals surface area contributed by atoms with Gasteiger partial charge in [0.05, 0.1) is 6.10 Å². The van der Waals surface area contributed by atoms with E-state index in [2.05, 4.69) is 10.6 Å². The Morgan fingerprint density at radius 1 is 1.36 bits per heavy atom. The van der Waals surface area contributed by atoms with Gasteiger partial charge in [0.25, 0.3) is 0 Å². The van der Waals surface area contributed by atoms with Crippen molar-refractivity contribution in [2.24, 2.45) is 0 Å². The predicted octanol–water partition coefficient (Wildman–Crippen LogP) is 2.22. The molecule has 1 atom stereocenters. The second-order valence-electron chi connectivity index (χ2n) is 6.16. The number of carbonyl (C=O) groups is 2. The van der Waals surface area contributed by atoms with E-state index in [9.17, 15) is 9.59 Å². The molecule has 1 aromatic carbocycles. The van der Waals surface area contributed by atoms with Gasteiger partial charge in [-0.2, -0.15) is 0 Å². The van der Waals surface area contributed by atoms with Crippen molar-refractivity contribution in [3.05, 3.63) is 29.3 Å². The van der Waals surface area contributed by atoms with Gasteiger partial charge in [0.15, 0.2) is 0 Å². The van der Waals surface area contributed by atoms with Crippen LogP contribution < -0.4 is 15.4 Å². The van der Waals surface area contributed by atoms with Crippen LogP contribution in [0.5, 0.6) is 5.75 Å². The van der Waals surface area contributed by atoms with Gasteiger partial charge in [0.2, 0.25) is 0 Å². The molecular weight excluding hydrogens is 324 g/mol. The molecule has 2 rings (SSSR count). The molecule has 1 aromatic rings. The number of ether oxygens (including phenoxy) is 2. The molecule has 7 heteroatoms. The molecule has 0 spiro atoms. The first kappa shape index (κ1) is 19.1. The third kappa shape index (κ3) is 7.01. The first-order chi connectivity index (χ1) is 12.0. The number of nitrogens with one attached hydrogen (secondary N) is 2. The Bertz CT molecular complexity index is 585. The molecule has 0 saturated carbocycles. The fourth-order valence-corrected chi connectivity index (χ4v) is 2.58. The fourth-order valence-electron chi connectivity index (χ4n) is 2.58.